The maximum absolute atomic E-state index is 13.5. The fourth-order valence-corrected chi connectivity index (χ4v) is 4.48. The molecule has 0 spiro atoms. The van der Waals surface area contributed by atoms with E-state index >= 15 is 0 Å². The average molecular weight is 494 g/mol. The zero-order valence-electron chi connectivity index (χ0n) is 19.4. The number of thiophene rings is 1. The number of aromatic nitrogens is 2. The Labute approximate surface area is 204 Å². The van der Waals surface area contributed by atoms with Crippen molar-refractivity contribution in [3.63, 3.8) is 0 Å². The fraction of sp³-hybridized carbons (Fsp3) is 0.200. The molecule has 0 saturated heterocycles. The van der Waals surface area contributed by atoms with Crippen LogP contribution in [-0.4, -0.2) is 42.5 Å². The Hall–Kier alpha value is -4.18. The molecule has 2 aromatic heterocycles. The number of nitrogens with zero attached hydrogens (tertiary/aromatic N) is 2. The van der Waals surface area contributed by atoms with Gasteiger partial charge in [-0.15, -0.1) is 11.3 Å². The molecule has 1 N–H and O–H groups in total. The number of rotatable bonds is 8. The van der Waals surface area contributed by atoms with E-state index in [1.807, 2.05) is 6.07 Å². The van der Waals surface area contributed by atoms with Crippen LogP contribution in [0, 0.1) is 0 Å². The molecule has 0 unspecified atom stereocenters. The predicted octanol–water partition coefficient (Wildman–Crippen LogP) is 3.82. The molecule has 9 nitrogen and oxygen atoms in total. The lowest BCUT2D eigenvalue weighted by atomic mass is 10.1. The molecule has 0 aliphatic rings. The summed E-state index contributed by atoms with van der Waals surface area (Å²) < 4.78 is 16.7. The summed E-state index contributed by atoms with van der Waals surface area (Å²) in [5, 5.41) is 9.56. The molecule has 10 heteroatoms. The number of nitrogens with one attached hydrogen (secondary N) is 1. The minimum atomic E-state index is -0.660. The van der Waals surface area contributed by atoms with Gasteiger partial charge in [-0.2, -0.15) is 9.78 Å². The summed E-state index contributed by atoms with van der Waals surface area (Å²) in [5.74, 6) is 0.276. The van der Waals surface area contributed by atoms with Crippen molar-refractivity contribution < 1.29 is 23.8 Å². The van der Waals surface area contributed by atoms with Crippen LogP contribution in [0.25, 0.3) is 16.5 Å². The van der Waals surface area contributed by atoms with E-state index in [0.29, 0.717) is 27.6 Å². The predicted molar refractivity (Wildman–Crippen MR) is 133 cm³/mol. The average Bonchev–Trinajstić information content (AvgIpc) is 3.28. The topological polar surface area (TPSA) is 109 Å². The molecule has 2 aromatic carbocycles. The number of benzene rings is 2. The van der Waals surface area contributed by atoms with Crippen molar-refractivity contribution in [3.8, 4) is 17.2 Å². The van der Waals surface area contributed by atoms with E-state index in [9.17, 15) is 14.4 Å². The van der Waals surface area contributed by atoms with Gasteiger partial charge in [0.05, 0.1) is 38.3 Å². The number of anilines is 1. The number of carbonyl (C=O) groups is 2. The number of hydrogen-bond donors (Lipinski definition) is 1. The number of carbonyl (C=O) groups excluding carboxylic acids is 2. The molecule has 0 atom stereocenters. The first kappa shape index (κ1) is 24.0. The van der Waals surface area contributed by atoms with Crippen molar-refractivity contribution in [1.29, 1.82) is 0 Å². The van der Waals surface area contributed by atoms with Crippen LogP contribution >= 0.6 is 11.3 Å². The minimum absolute atomic E-state index is 0.0122. The van der Waals surface area contributed by atoms with Crippen molar-refractivity contribution in [3.05, 3.63) is 75.5 Å². The molecule has 1 amide bonds. The highest BCUT2D eigenvalue weighted by molar-refractivity contribution is 7.16. The molecule has 4 aromatic rings. The zero-order valence-corrected chi connectivity index (χ0v) is 20.2. The van der Waals surface area contributed by atoms with E-state index in [-0.39, 0.29) is 30.0 Å². The molecule has 0 saturated carbocycles. The van der Waals surface area contributed by atoms with E-state index < -0.39 is 11.5 Å². The fourth-order valence-electron chi connectivity index (χ4n) is 3.53. The Morgan fingerprint density at radius 1 is 1.06 bits per heavy atom. The first-order valence-corrected chi connectivity index (χ1v) is 11.6. The number of hydrogen-bond acceptors (Lipinski definition) is 8. The molecule has 4 rings (SSSR count). The van der Waals surface area contributed by atoms with Gasteiger partial charge in [-0.05, 0) is 48.9 Å². The van der Waals surface area contributed by atoms with E-state index in [1.165, 1.54) is 7.11 Å². The highest BCUT2D eigenvalue weighted by Gasteiger charge is 2.23. The van der Waals surface area contributed by atoms with Crippen LogP contribution in [0.1, 0.15) is 23.0 Å². The van der Waals surface area contributed by atoms with Crippen LogP contribution in [0.15, 0.2) is 58.7 Å². The van der Waals surface area contributed by atoms with Crippen molar-refractivity contribution in [2.24, 2.45) is 0 Å². The second-order valence-corrected chi connectivity index (χ2v) is 8.29. The maximum Gasteiger partial charge on any atom is 0.359 e. The third-order valence-corrected chi connectivity index (χ3v) is 6.09. The summed E-state index contributed by atoms with van der Waals surface area (Å²) in [6.07, 6.45) is 0.0824. The van der Waals surface area contributed by atoms with Gasteiger partial charge in [-0.25, -0.2) is 4.79 Å². The third kappa shape index (κ3) is 5.02. The summed E-state index contributed by atoms with van der Waals surface area (Å²) >= 11 is 1.15. The minimum Gasteiger partial charge on any atom is -0.497 e. The first-order valence-electron chi connectivity index (χ1n) is 10.7. The van der Waals surface area contributed by atoms with Gasteiger partial charge < -0.3 is 19.5 Å². The summed E-state index contributed by atoms with van der Waals surface area (Å²) in [4.78, 5) is 39.0. The standard InChI is InChI=1S/C25H23N3O6S/c1-4-34-25(31)22-19-14-35-23(26-20(29)13-15-6-5-7-18(12-15)33-3)21(19)24(30)28(27-22)16-8-10-17(32-2)11-9-16/h5-12,14H,4,13H2,1-3H3,(H,26,29). The van der Waals surface area contributed by atoms with Gasteiger partial charge in [-0.1, -0.05) is 12.1 Å². The maximum atomic E-state index is 13.5. The number of methoxy groups -OCH3 is 2. The Morgan fingerprint density at radius 2 is 1.80 bits per heavy atom. The van der Waals surface area contributed by atoms with Crippen LogP contribution in [-0.2, 0) is 16.0 Å². The smallest absolute Gasteiger partial charge is 0.359 e. The number of amides is 1. The van der Waals surface area contributed by atoms with Crippen molar-refractivity contribution in [2.45, 2.75) is 13.3 Å². The van der Waals surface area contributed by atoms with Crippen LogP contribution in [0.4, 0.5) is 5.00 Å². The highest BCUT2D eigenvalue weighted by Crippen LogP contribution is 2.31. The van der Waals surface area contributed by atoms with Crippen LogP contribution in [0.3, 0.4) is 0 Å². The molecular weight excluding hydrogens is 470 g/mol. The van der Waals surface area contributed by atoms with Crippen LogP contribution < -0.4 is 20.3 Å². The number of fused-ring (bicyclic) bond motifs is 1. The molecule has 2 heterocycles. The summed E-state index contributed by atoms with van der Waals surface area (Å²) in [6, 6.07) is 13.8. The van der Waals surface area contributed by atoms with Crippen molar-refractivity contribution in [1.82, 2.24) is 9.78 Å². The number of esters is 1. The summed E-state index contributed by atoms with van der Waals surface area (Å²) in [7, 11) is 3.09. The zero-order chi connectivity index (χ0) is 24.9. The van der Waals surface area contributed by atoms with E-state index in [1.54, 1.807) is 61.9 Å². The molecule has 0 aliphatic heterocycles. The van der Waals surface area contributed by atoms with Gasteiger partial charge in [0.2, 0.25) is 5.91 Å². The van der Waals surface area contributed by atoms with E-state index in [0.717, 1.165) is 21.6 Å². The first-order chi connectivity index (χ1) is 16.9. The van der Waals surface area contributed by atoms with Crippen LogP contribution in [0.2, 0.25) is 0 Å². The Morgan fingerprint density at radius 3 is 2.49 bits per heavy atom. The lowest BCUT2D eigenvalue weighted by Crippen LogP contribution is -2.25. The van der Waals surface area contributed by atoms with Gasteiger partial charge in [0.25, 0.3) is 5.56 Å². The monoisotopic (exact) mass is 493 g/mol. The SMILES string of the molecule is CCOC(=O)c1nn(-c2ccc(OC)cc2)c(=O)c2c(NC(=O)Cc3cccc(OC)c3)scc12. The van der Waals surface area contributed by atoms with E-state index in [4.69, 9.17) is 14.2 Å². The molecule has 35 heavy (non-hydrogen) atoms. The van der Waals surface area contributed by atoms with Gasteiger partial charge in [0.15, 0.2) is 5.69 Å². The third-order valence-electron chi connectivity index (χ3n) is 5.19. The van der Waals surface area contributed by atoms with Crippen molar-refractivity contribution >= 4 is 39.0 Å². The molecule has 0 fully saturated rings. The lowest BCUT2D eigenvalue weighted by molar-refractivity contribution is -0.115. The van der Waals surface area contributed by atoms with Gasteiger partial charge >= 0.3 is 5.97 Å². The second kappa shape index (κ2) is 10.4. The highest BCUT2D eigenvalue weighted by atomic mass is 32.1. The quantitative estimate of drug-likeness (QED) is 0.372. The Balaban J connectivity index is 1.76. The largest absolute Gasteiger partial charge is 0.497 e. The van der Waals surface area contributed by atoms with Gasteiger partial charge in [0.1, 0.15) is 16.5 Å². The number of ether oxygens (including phenoxy) is 3. The Kier molecular flexibility index (Phi) is 7.11. The lowest BCUT2D eigenvalue weighted by Gasteiger charge is -2.10. The molecule has 0 bridgehead atoms. The summed E-state index contributed by atoms with van der Waals surface area (Å²) in [6.45, 7) is 1.84. The van der Waals surface area contributed by atoms with E-state index in [2.05, 4.69) is 10.4 Å². The van der Waals surface area contributed by atoms with Crippen molar-refractivity contribution in [2.75, 3.05) is 26.1 Å². The Bertz CT molecular complexity index is 1440. The normalized spacial score (nSPS) is 10.7. The molecule has 0 radical (unpaired) electrons. The molecular formula is C25H23N3O6S. The summed E-state index contributed by atoms with van der Waals surface area (Å²) in [5.41, 5.74) is 0.702. The van der Waals surface area contributed by atoms with Gasteiger partial charge in [-0.3, -0.25) is 9.59 Å². The second-order valence-electron chi connectivity index (χ2n) is 7.41. The molecule has 180 valence electrons. The van der Waals surface area contributed by atoms with Crippen LogP contribution in [0.5, 0.6) is 11.5 Å². The van der Waals surface area contributed by atoms with Gasteiger partial charge in [0, 0.05) is 10.8 Å². The molecule has 0 aliphatic carbocycles.